The lowest BCUT2D eigenvalue weighted by Crippen LogP contribution is -2.38. The molecule has 0 saturated carbocycles. The van der Waals surface area contributed by atoms with E-state index in [4.69, 9.17) is 4.74 Å². The summed E-state index contributed by atoms with van der Waals surface area (Å²) >= 11 is 0. The Kier molecular flexibility index (Phi) is 4.26. The summed E-state index contributed by atoms with van der Waals surface area (Å²) in [6.45, 7) is 2.26. The summed E-state index contributed by atoms with van der Waals surface area (Å²) < 4.78 is 5.44. The highest BCUT2D eigenvalue weighted by Gasteiger charge is 2.22. The molecule has 1 atom stereocenters. The maximum Gasteiger partial charge on any atom is 0.122 e. The predicted octanol–water partition coefficient (Wildman–Crippen LogP) is 3.38. The normalized spacial score (nSPS) is 15.7. The van der Waals surface area contributed by atoms with Crippen molar-refractivity contribution in [1.82, 2.24) is 5.32 Å². The Morgan fingerprint density at radius 2 is 1.67 bits per heavy atom. The van der Waals surface area contributed by atoms with Crippen LogP contribution < -0.4 is 10.1 Å². The molecule has 2 aromatic rings. The van der Waals surface area contributed by atoms with Crippen molar-refractivity contribution in [2.45, 2.75) is 38.3 Å². The number of benzene rings is 2. The average Bonchev–Trinajstić information content (AvgIpc) is 2.89. The van der Waals surface area contributed by atoms with Crippen molar-refractivity contribution in [3.05, 3.63) is 65.2 Å². The van der Waals surface area contributed by atoms with Crippen LogP contribution >= 0.6 is 0 Å². The van der Waals surface area contributed by atoms with Crippen molar-refractivity contribution in [3.63, 3.8) is 0 Å². The van der Waals surface area contributed by atoms with E-state index in [0.717, 1.165) is 25.0 Å². The lowest BCUT2D eigenvalue weighted by atomic mass is 10.0. The molecule has 2 nitrogen and oxygen atoms in total. The number of fused-ring (bicyclic) bond motifs is 1. The van der Waals surface area contributed by atoms with Gasteiger partial charge in [0.2, 0.25) is 0 Å². The summed E-state index contributed by atoms with van der Waals surface area (Å²) in [5.41, 5.74) is 4.27. The number of hydrogen-bond acceptors (Lipinski definition) is 2. The predicted molar refractivity (Wildman–Crippen MR) is 86.9 cm³/mol. The van der Waals surface area contributed by atoms with E-state index < -0.39 is 0 Å². The minimum Gasteiger partial charge on any atom is -0.496 e. The monoisotopic (exact) mass is 281 g/mol. The molecule has 1 N–H and O–H groups in total. The molecule has 1 aliphatic rings. The van der Waals surface area contributed by atoms with Gasteiger partial charge in [0.1, 0.15) is 5.75 Å². The van der Waals surface area contributed by atoms with Gasteiger partial charge in [0, 0.05) is 12.1 Å². The molecule has 110 valence electrons. The fourth-order valence-corrected chi connectivity index (χ4v) is 3.34. The molecule has 0 aliphatic heterocycles. The second kappa shape index (κ2) is 6.31. The minimum atomic E-state index is 0.445. The van der Waals surface area contributed by atoms with Gasteiger partial charge in [0.05, 0.1) is 7.11 Å². The molecule has 0 saturated heterocycles. The Bertz CT molecular complexity index is 583. The molecule has 0 amide bonds. The number of para-hydroxylation sites is 1. The van der Waals surface area contributed by atoms with Gasteiger partial charge < -0.3 is 10.1 Å². The number of hydrogen-bond donors (Lipinski definition) is 1. The van der Waals surface area contributed by atoms with Crippen molar-refractivity contribution >= 4 is 0 Å². The van der Waals surface area contributed by atoms with Gasteiger partial charge in [-0.2, -0.15) is 0 Å². The van der Waals surface area contributed by atoms with Gasteiger partial charge in [-0.1, -0.05) is 42.5 Å². The van der Waals surface area contributed by atoms with Gasteiger partial charge in [-0.3, -0.25) is 0 Å². The molecule has 3 rings (SSSR count). The van der Waals surface area contributed by atoms with Crippen LogP contribution in [-0.2, 0) is 19.3 Å². The first-order chi connectivity index (χ1) is 10.3. The molecule has 0 fully saturated rings. The van der Waals surface area contributed by atoms with Crippen LogP contribution in [0.3, 0.4) is 0 Å². The Morgan fingerprint density at radius 3 is 2.33 bits per heavy atom. The highest BCUT2D eigenvalue weighted by Crippen LogP contribution is 2.23. The van der Waals surface area contributed by atoms with E-state index in [0.29, 0.717) is 12.1 Å². The molecule has 0 heterocycles. The van der Waals surface area contributed by atoms with Crippen LogP contribution in [0.5, 0.6) is 5.75 Å². The number of rotatable bonds is 5. The van der Waals surface area contributed by atoms with Crippen LogP contribution in [0.25, 0.3) is 0 Å². The highest BCUT2D eigenvalue weighted by molar-refractivity contribution is 5.35. The molecule has 0 spiro atoms. The molecule has 2 heteroatoms. The molecule has 0 aromatic heterocycles. The van der Waals surface area contributed by atoms with E-state index in [1.54, 1.807) is 7.11 Å². The van der Waals surface area contributed by atoms with Crippen molar-refractivity contribution in [1.29, 1.82) is 0 Å². The lowest BCUT2D eigenvalue weighted by Gasteiger charge is -2.20. The third kappa shape index (κ3) is 3.27. The lowest BCUT2D eigenvalue weighted by molar-refractivity contribution is 0.401. The van der Waals surface area contributed by atoms with Gasteiger partial charge in [-0.25, -0.2) is 0 Å². The Balaban J connectivity index is 1.59. The van der Waals surface area contributed by atoms with Crippen molar-refractivity contribution in [2.24, 2.45) is 0 Å². The molecular formula is C19H23NO. The number of ether oxygens (including phenoxy) is 1. The van der Waals surface area contributed by atoms with Crippen LogP contribution in [0.15, 0.2) is 48.5 Å². The van der Waals surface area contributed by atoms with E-state index >= 15 is 0 Å². The fourth-order valence-electron chi connectivity index (χ4n) is 3.34. The van der Waals surface area contributed by atoms with Crippen LogP contribution in [0.2, 0.25) is 0 Å². The highest BCUT2D eigenvalue weighted by atomic mass is 16.5. The first kappa shape index (κ1) is 14.2. The molecule has 21 heavy (non-hydrogen) atoms. The molecule has 1 aliphatic carbocycles. The second-order valence-electron chi connectivity index (χ2n) is 5.96. The largest absolute Gasteiger partial charge is 0.496 e. The molecule has 1 unspecified atom stereocenters. The van der Waals surface area contributed by atoms with Gasteiger partial charge >= 0.3 is 0 Å². The standard InChI is InChI=1S/C19H23NO/c1-14(11-17-9-5-6-10-19(17)21-2)20-18-12-15-7-3-4-8-16(15)13-18/h3-10,14,18,20H,11-13H2,1-2H3. The summed E-state index contributed by atoms with van der Waals surface area (Å²) in [5.74, 6) is 0.987. The SMILES string of the molecule is COc1ccccc1CC(C)NC1Cc2ccccc2C1. The average molecular weight is 281 g/mol. The summed E-state index contributed by atoms with van der Waals surface area (Å²) in [6, 6.07) is 18.1. The van der Waals surface area contributed by atoms with Crippen molar-refractivity contribution in [3.8, 4) is 5.75 Å². The van der Waals surface area contributed by atoms with Crippen LogP contribution in [0, 0.1) is 0 Å². The first-order valence-electron chi connectivity index (χ1n) is 7.71. The molecular weight excluding hydrogens is 258 g/mol. The van der Waals surface area contributed by atoms with Crippen LogP contribution in [-0.4, -0.2) is 19.2 Å². The summed E-state index contributed by atoms with van der Waals surface area (Å²) in [4.78, 5) is 0. The van der Waals surface area contributed by atoms with Crippen molar-refractivity contribution < 1.29 is 4.74 Å². The van der Waals surface area contributed by atoms with E-state index in [1.807, 2.05) is 12.1 Å². The second-order valence-corrected chi connectivity index (χ2v) is 5.96. The van der Waals surface area contributed by atoms with Gasteiger partial charge in [-0.15, -0.1) is 0 Å². The number of methoxy groups -OCH3 is 1. The number of nitrogens with one attached hydrogen (secondary N) is 1. The third-order valence-electron chi connectivity index (χ3n) is 4.29. The van der Waals surface area contributed by atoms with Gasteiger partial charge in [0.25, 0.3) is 0 Å². The Labute approximate surface area is 127 Å². The zero-order chi connectivity index (χ0) is 14.7. The molecule has 2 aromatic carbocycles. The first-order valence-corrected chi connectivity index (χ1v) is 7.71. The van der Waals surface area contributed by atoms with E-state index in [9.17, 15) is 0 Å². The third-order valence-corrected chi connectivity index (χ3v) is 4.29. The van der Waals surface area contributed by atoms with Gasteiger partial charge in [0.15, 0.2) is 0 Å². The Morgan fingerprint density at radius 1 is 1.05 bits per heavy atom. The van der Waals surface area contributed by atoms with Gasteiger partial charge in [-0.05, 0) is 48.9 Å². The van der Waals surface area contributed by atoms with E-state index in [1.165, 1.54) is 16.7 Å². The maximum absolute atomic E-state index is 5.44. The topological polar surface area (TPSA) is 21.3 Å². The smallest absolute Gasteiger partial charge is 0.122 e. The van der Waals surface area contributed by atoms with E-state index in [-0.39, 0.29) is 0 Å². The van der Waals surface area contributed by atoms with Crippen LogP contribution in [0.1, 0.15) is 23.6 Å². The van der Waals surface area contributed by atoms with E-state index in [2.05, 4.69) is 48.6 Å². The summed E-state index contributed by atoms with van der Waals surface area (Å²) in [7, 11) is 1.74. The Hall–Kier alpha value is -1.80. The summed E-state index contributed by atoms with van der Waals surface area (Å²) in [6.07, 6.45) is 3.29. The zero-order valence-corrected chi connectivity index (χ0v) is 12.8. The zero-order valence-electron chi connectivity index (χ0n) is 12.8. The van der Waals surface area contributed by atoms with Crippen LogP contribution in [0.4, 0.5) is 0 Å². The summed E-state index contributed by atoms with van der Waals surface area (Å²) in [5, 5.41) is 3.77. The fraction of sp³-hybridized carbons (Fsp3) is 0.368. The quantitative estimate of drug-likeness (QED) is 0.907. The molecule has 0 bridgehead atoms. The molecule has 0 radical (unpaired) electrons. The maximum atomic E-state index is 5.44. The minimum absolute atomic E-state index is 0.445. The van der Waals surface area contributed by atoms with Crippen molar-refractivity contribution in [2.75, 3.05) is 7.11 Å².